The van der Waals surface area contributed by atoms with Crippen LogP contribution in [0.3, 0.4) is 0 Å². The third-order valence-electron chi connectivity index (χ3n) is 2.94. The Morgan fingerprint density at radius 1 is 1.37 bits per heavy atom. The molecule has 1 aliphatic heterocycles. The van der Waals surface area contributed by atoms with E-state index in [0.29, 0.717) is 12.8 Å². The van der Waals surface area contributed by atoms with E-state index in [4.69, 9.17) is 9.47 Å². The first kappa shape index (κ1) is 15.8. The van der Waals surface area contributed by atoms with Crippen molar-refractivity contribution in [3.63, 3.8) is 0 Å². The van der Waals surface area contributed by atoms with Crippen molar-refractivity contribution < 1.29 is 24.2 Å². The van der Waals surface area contributed by atoms with Crippen molar-refractivity contribution in [1.29, 1.82) is 0 Å². The molecule has 0 radical (unpaired) electrons. The van der Waals surface area contributed by atoms with E-state index in [9.17, 15) is 14.7 Å². The summed E-state index contributed by atoms with van der Waals surface area (Å²) in [6.45, 7) is 6.94. The minimum absolute atomic E-state index is 0.0572. The number of carbonyl (C=O) groups is 2. The molecule has 1 rings (SSSR count). The van der Waals surface area contributed by atoms with Gasteiger partial charge in [-0.1, -0.05) is 0 Å². The number of aliphatic hydroxyl groups is 1. The molecular weight excluding hydrogens is 250 g/mol. The number of amides is 1. The first-order valence-corrected chi connectivity index (χ1v) is 6.35. The SMILES string of the molecule is COC(=O)[C@H]1CC[C@@](C)(O)CN1C(=O)OC(C)(C)C. The number of piperidine rings is 1. The van der Waals surface area contributed by atoms with Gasteiger partial charge < -0.3 is 14.6 Å². The number of nitrogens with zero attached hydrogens (tertiary/aromatic N) is 1. The zero-order chi connectivity index (χ0) is 14.8. The summed E-state index contributed by atoms with van der Waals surface area (Å²) in [5.74, 6) is -0.485. The lowest BCUT2D eigenvalue weighted by Crippen LogP contribution is -2.57. The summed E-state index contributed by atoms with van der Waals surface area (Å²) >= 11 is 0. The van der Waals surface area contributed by atoms with E-state index in [1.54, 1.807) is 27.7 Å². The summed E-state index contributed by atoms with van der Waals surface area (Å²) in [5.41, 5.74) is -1.66. The van der Waals surface area contributed by atoms with Crippen molar-refractivity contribution in [1.82, 2.24) is 4.90 Å². The molecule has 0 aromatic heterocycles. The van der Waals surface area contributed by atoms with Crippen molar-refractivity contribution in [2.45, 2.75) is 57.8 Å². The van der Waals surface area contributed by atoms with E-state index in [1.807, 2.05) is 0 Å². The Kier molecular flexibility index (Phi) is 4.45. The molecule has 0 aromatic carbocycles. The van der Waals surface area contributed by atoms with Crippen LogP contribution in [0.25, 0.3) is 0 Å². The molecule has 1 heterocycles. The maximum Gasteiger partial charge on any atom is 0.411 e. The molecular formula is C13H23NO5. The van der Waals surface area contributed by atoms with Crippen LogP contribution < -0.4 is 0 Å². The average Bonchev–Trinajstić information content (AvgIpc) is 2.24. The van der Waals surface area contributed by atoms with E-state index in [2.05, 4.69) is 0 Å². The zero-order valence-corrected chi connectivity index (χ0v) is 12.2. The fourth-order valence-corrected chi connectivity index (χ4v) is 2.05. The van der Waals surface area contributed by atoms with Crippen LogP contribution >= 0.6 is 0 Å². The van der Waals surface area contributed by atoms with E-state index in [0.717, 1.165) is 0 Å². The number of β-amino-alcohol motifs (C(OH)–C–C–N with tert-alkyl or cyclic N) is 1. The van der Waals surface area contributed by atoms with Crippen molar-refractivity contribution in [2.75, 3.05) is 13.7 Å². The summed E-state index contributed by atoms with van der Waals surface area (Å²) in [4.78, 5) is 25.1. The topological polar surface area (TPSA) is 76.1 Å². The standard InChI is InChI=1S/C13H23NO5/c1-12(2,3)19-11(16)14-8-13(4,17)7-6-9(14)10(15)18-5/h9,17H,6-8H2,1-5H3/t9-,13-/m1/s1. The van der Waals surface area contributed by atoms with Gasteiger partial charge in [0.05, 0.1) is 19.3 Å². The Labute approximate surface area is 113 Å². The molecule has 0 aromatic rings. The average molecular weight is 273 g/mol. The predicted molar refractivity (Wildman–Crippen MR) is 68.6 cm³/mol. The lowest BCUT2D eigenvalue weighted by molar-refractivity contribution is -0.151. The minimum Gasteiger partial charge on any atom is -0.467 e. The maximum absolute atomic E-state index is 12.1. The molecule has 0 bridgehead atoms. The predicted octanol–water partition coefficient (Wildman–Crippen LogP) is 1.31. The van der Waals surface area contributed by atoms with Crippen molar-refractivity contribution in [2.24, 2.45) is 0 Å². The number of hydrogen-bond donors (Lipinski definition) is 1. The van der Waals surface area contributed by atoms with Gasteiger partial charge in [-0.3, -0.25) is 4.90 Å². The molecule has 2 atom stereocenters. The van der Waals surface area contributed by atoms with E-state index in [-0.39, 0.29) is 6.54 Å². The van der Waals surface area contributed by atoms with Crippen molar-refractivity contribution in [3.8, 4) is 0 Å². The molecule has 0 unspecified atom stereocenters. The second-order valence-electron chi connectivity index (χ2n) is 6.18. The third-order valence-corrected chi connectivity index (χ3v) is 2.94. The van der Waals surface area contributed by atoms with Gasteiger partial charge in [-0.15, -0.1) is 0 Å². The van der Waals surface area contributed by atoms with E-state index in [1.165, 1.54) is 12.0 Å². The fourth-order valence-electron chi connectivity index (χ4n) is 2.05. The van der Waals surface area contributed by atoms with Crippen LogP contribution in [0.15, 0.2) is 0 Å². The van der Waals surface area contributed by atoms with Gasteiger partial charge in [-0.05, 0) is 40.5 Å². The summed E-state index contributed by atoms with van der Waals surface area (Å²) in [6.07, 6.45) is 0.188. The highest BCUT2D eigenvalue weighted by Crippen LogP contribution is 2.27. The van der Waals surface area contributed by atoms with Gasteiger partial charge in [0.15, 0.2) is 0 Å². The van der Waals surface area contributed by atoms with Gasteiger partial charge in [0.25, 0.3) is 0 Å². The van der Waals surface area contributed by atoms with Gasteiger partial charge in [-0.25, -0.2) is 9.59 Å². The van der Waals surface area contributed by atoms with Gasteiger partial charge in [0.2, 0.25) is 0 Å². The van der Waals surface area contributed by atoms with Crippen LogP contribution in [0.1, 0.15) is 40.5 Å². The lowest BCUT2D eigenvalue weighted by atomic mass is 9.90. The highest BCUT2D eigenvalue weighted by Gasteiger charge is 2.42. The lowest BCUT2D eigenvalue weighted by Gasteiger charge is -2.41. The second kappa shape index (κ2) is 5.36. The molecule has 1 amide bonds. The van der Waals surface area contributed by atoms with Crippen LogP contribution in [0.5, 0.6) is 0 Å². The summed E-state index contributed by atoms with van der Waals surface area (Å²) in [6, 6.07) is -0.694. The van der Waals surface area contributed by atoms with Crippen LogP contribution in [-0.4, -0.2) is 53.0 Å². The van der Waals surface area contributed by atoms with Crippen LogP contribution in [0, 0.1) is 0 Å². The smallest absolute Gasteiger partial charge is 0.411 e. The zero-order valence-electron chi connectivity index (χ0n) is 12.2. The molecule has 6 nitrogen and oxygen atoms in total. The largest absolute Gasteiger partial charge is 0.467 e. The number of methoxy groups -OCH3 is 1. The molecule has 0 aliphatic carbocycles. The Bertz CT molecular complexity index is 359. The van der Waals surface area contributed by atoms with Gasteiger partial charge in [0.1, 0.15) is 11.6 Å². The first-order valence-electron chi connectivity index (χ1n) is 6.35. The molecule has 0 spiro atoms. The number of rotatable bonds is 1. The summed E-state index contributed by atoms with van der Waals surface area (Å²) in [7, 11) is 1.28. The summed E-state index contributed by atoms with van der Waals surface area (Å²) in [5, 5.41) is 10.1. The molecule has 19 heavy (non-hydrogen) atoms. The van der Waals surface area contributed by atoms with Crippen molar-refractivity contribution in [3.05, 3.63) is 0 Å². The number of likely N-dealkylation sites (tertiary alicyclic amines) is 1. The quantitative estimate of drug-likeness (QED) is 0.729. The molecule has 1 saturated heterocycles. The monoisotopic (exact) mass is 273 g/mol. The highest BCUT2D eigenvalue weighted by molar-refractivity contribution is 5.81. The first-order chi connectivity index (χ1) is 8.56. The van der Waals surface area contributed by atoms with Gasteiger partial charge in [0, 0.05) is 0 Å². The molecule has 1 N–H and O–H groups in total. The maximum atomic E-state index is 12.1. The normalized spacial score (nSPS) is 27.9. The van der Waals surface area contributed by atoms with Crippen LogP contribution in [0.2, 0.25) is 0 Å². The Hall–Kier alpha value is -1.30. The Morgan fingerprint density at radius 2 is 1.95 bits per heavy atom. The molecule has 1 aliphatic rings. The Morgan fingerprint density at radius 3 is 2.42 bits per heavy atom. The summed E-state index contributed by atoms with van der Waals surface area (Å²) < 4.78 is 9.96. The van der Waals surface area contributed by atoms with Crippen LogP contribution in [-0.2, 0) is 14.3 Å². The van der Waals surface area contributed by atoms with Crippen molar-refractivity contribution >= 4 is 12.1 Å². The second-order valence-corrected chi connectivity index (χ2v) is 6.18. The third kappa shape index (κ3) is 4.38. The van der Waals surface area contributed by atoms with Gasteiger partial charge in [-0.2, -0.15) is 0 Å². The number of esters is 1. The molecule has 110 valence electrons. The Balaban J connectivity index is 2.88. The highest BCUT2D eigenvalue weighted by atomic mass is 16.6. The van der Waals surface area contributed by atoms with E-state index >= 15 is 0 Å². The van der Waals surface area contributed by atoms with E-state index < -0.39 is 29.3 Å². The number of carbonyl (C=O) groups excluding carboxylic acids is 2. The molecule has 1 fully saturated rings. The molecule has 6 heteroatoms. The fraction of sp³-hybridized carbons (Fsp3) is 0.846. The van der Waals surface area contributed by atoms with Gasteiger partial charge >= 0.3 is 12.1 Å². The number of hydrogen-bond acceptors (Lipinski definition) is 5. The molecule has 0 saturated carbocycles. The minimum atomic E-state index is -1.01. The number of ether oxygens (including phenoxy) is 2. The van der Waals surface area contributed by atoms with Crippen LogP contribution in [0.4, 0.5) is 4.79 Å².